The van der Waals surface area contributed by atoms with Crippen LogP contribution in [0.25, 0.3) is 11.0 Å². The summed E-state index contributed by atoms with van der Waals surface area (Å²) in [6, 6.07) is 5.85. The van der Waals surface area contributed by atoms with Gasteiger partial charge in [0.25, 0.3) is 5.91 Å². The number of fused-ring (bicyclic) bond motifs is 1. The average molecular weight is 415 g/mol. The predicted molar refractivity (Wildman–Crippen MR) is 112 cm³/mol. The van der Waals surface area contributed by atoms with Crippen LogP contribution in [0.15, 0.2) is 41.1 Å². The van der Waals surface area contributed by atoms with Crippen molar-refractivity contribution < 1.29 is 23.8 Å². The first-order valence-corrected chi connectivity index (χ1v) is 9.97. The highest BCUT2D eigenvalue weighted by atomic mass is 19.1. The Kier molecular flexibility index (Phi) is 6.69. The molecule has 0 spiro atoms. The molecule has 160 valence electrons. The number of hydrogen-bond donors (Lipinski definition) is 3. The Hall–Kier alpha value is -2.97. The summed E-state index contributed by atoms with van der Waals surface area (Å²) >= 11 is 0. The van der Waals surface area contributed by atoms with Crippen LogP contribution in [0.3, 0.4) is 0 Å². The van der Waals surface area contributed by atoms with Gasteiger partial charge in [0.15, 0.2) is 0 Å². The zero-order chi connectivity index (χ0) is 21.8. The number of benzene rings is 1. The fourth-order valence-corrected chi connectivity index (χ4v) is 3.52. The molecule has 3 N–H and O–H groups in total. The van der Waals surface area contributed by atoms with Gasteiger partial charge in [-0.25, -0.2) is 4.39 Å². The number of likely N-dealkylation sites (tertiary alicyclic amines) is 1. The normalized spacial score (nSPS) is 18.3. The highest BCUT2D eigenvalue weighted by molar-refractivity contribution is 6.07. The van der Waals surface area contributed by atoms with Crippen molar-refractivity contribution in [1.29, 1.82) is 0 Å². The zero-order valence-electron chi connectivity index (χ0n) is 17.2. The number of β-amino-alcohol motifs (C(OH)–C–C–N with tert-alkyl or cyclic N) is 1. The first-order chi connectivity index (χ1) is 14.5. The van der Waals surface area contributed by atoms with Gasteiger partial charge in [-0.1, -0.05) is 19.9 Å². The van der Waals surface area contributed by atoms with Crippen LogP contribution in [0, 0.1) is 12.7 Å². The number of carbonyl (C=O) groups is 1. The molecule has 1 aliphatic rings. The van der Waals surface area contributed by atoms with Crippen LogP contribution >= 0.6 is 0 Å². The maximum atomic E-state index is 14.4. The number of hydrogen-bond acceptors (Lipinski definition) is 6. The van der Waals surface area contributed by atoms with Crippen LogP contribution < -0.4 is 5.32 Å². The smallest absolute Gasteiger partial charge is 0.292 e. The number of aliphatic hydroxyl groups excluding tert-OH is 2. The van der Waals surface area contributed by atoms with Crippen molar-refractivity contribution in [3.63, 3.8) is 0 Å². The van der Waals surface area contributed by atoms with Crippen LogP contribution in [0.1, 0.15) is 36.4 Å². The van der Waals surface area contributed by atoms with Gasteiger partial charge in [-0.2, -0.15) is 0 Å². The molecule has 2 aromatic heterocycles. The number of rotatable bonds is 4. The second kappa shape index (κ2) is 9.23. The molecule has 2 atom stereocenters. The maximum absolute atomic E-state index is 14.4. The minimum absolute atomic E-state index is 0.0180. The van der Waals surface area contributed by atoms with Crippen LogP contribution in [-0.4, -0.2) is 51.3 Å². The molecule has 1 fully saturated rings. The SMILES string of the molecule is CC.Cc1ccc(Nc2c(C(=O)N3CC(O)CC3CO)oc3ccncc23)c(F)c1. The monoisotopic (exact) mass is 415 g/mol. The van der Waals surface area contributed by atoms with Crippen molar-refractivity contribution in [2.45, 2.75) is 39.3 Å². The van der Waals surface area contributed by atoms with E-state index < -0.39 is 23.9 Å². The van der Waals surface area contributed by atoms with E-state index in [1.54, 1.807) is 25.1 Å². The van der Waals surface area contributed by atoms with Crippen molar-refractivity contribution in [2.24, 2.45) is 0 Å². The van der Waals surface area contributed by atoms with E-state index in [1.807, 2.05) is 13.8 Å². The zero-order valence-corrected chi connectivity index (χ0v) is 17.2. The van der Waals surface area contributed by atoms with E-state index in [-0.39, 0.29) is 24.6 Å². The Morgan fingerprint density at radius 1 is 1.37 bits per heavy atom. The molecule has 4 rings (SSSR count). The lowest BCUT2D eigenvalue weighted by Gasteiger charge is -2.22. The lowest BCUT2D eigenvalue weighted by atomic mass is 10.2. The molecule has 3 aromatic rings. The quantitative estimate of drug-likeness (QED) is 0.602. The van der Waals surface area contributed by atoms with Crippen LogP contribution in [0.4, 0.5) is 15.8 Å². The highest BCUT2D eigenvalue weighted by Gasteiger charge is 2.37. The molecule has 30 heavy (non-hydrogen) atoms. The van der Waals surface area contributed by atoms with E-state index in [9.17, 15) is 19.4 Å². The summed E-state index contributed by atoms with van der Waals surface area (Å²) in [6.45, 7) is 5.62. The lowest BCUT2D eigenvalue weighted by Crippen LogP contribution is -2.38. The Morgan fingerprint density at radius 3 is 2.83 bits per heavy atom. The summed E-state index contributed by atoms with van der Waals surface area (Å²) in [5, 5.41) is 22.9. The summed E-state index contributed by atoms with van der Waals surface area (Å²) in [4.78, 5) is 18.6. The Labute approximate surface area is 174 Å². The van der Waals surface area contributed by atoms with E-state index in [0.29, 0.717) is 23.1 Å². The third kappa shape index (κ3) is 4.15. The minimum atomic E-state index is -0.710. The molecule has 0 radical (unpaired) electrons. The van der Waals surface area contributed by atoms with Gasteiger partial charge in [0.05, 0.1) is 29.8 Å². The standard InChI is InChI=1S/C20H20FN3O4.C2H6/c1-11-2-3-16(15(21)6-11)23-18-14-8-22-5-4-17(14)28-19(18)20(27)24-9-13(26)7-12(24)10-25;1-2/h2-6,8,12-13,23,25-26H,7,9-10H2,1H3;1-2H3. The summed E-state index contributed by atoms with van der Waals surface area (Å²) in [5.74, 6) is -0.959. The number of nitrogens with zero attached hydrogens (tertiary/aromatic N) is 2. The number of halogens is 1. The summed E-state index contributed by atoms with van der Waals surface area (Å²) in [7, 11) is 0. The molecular weight excluding hydrogens is 389 g/mol. The molecule has 1 amide bonds. The molecule has 0 bridgehead atoms. The van der Waals surface area contributed by atoms with Gasteiger partial charge in [-0.3, -0.25) is 9.78 Å². The number of amides is 1. The second-order valence-electron chi connectivity index (χ2n) is 6.97. The van der Waals surface area contributed by atoms with E-state index >= 15 is 0 Å². The molecule has 7 nitrogen and oxygen atoms in total. The van der Waals surface area contributed by atoms with Gasteiger partial charge in [0.1, 0.15) is 17.1 Å². The molecule has 3 heterocycles. The van der Waals surface area contributed by atoms with Gasteiger partial charge in [-0.15, -0.1) is 0 Å². The van der Waals surface area contributed by atoms with E-state index in [4.69, 9.17) is 4.42 Å². The van der Waals surface area contributed by atoms with Gasteiger partial charge in [-0.05, 0) is 37.1 Å². The Balaban J connectivity index is 0.00000124. The lowest BCUT2D eigenvalue weighted by molar-refractivity contribution is 0.0637. The number of carbonyl (C=O) groups excluding carboxylic acids is 1. The number of nitrogens with one attached hydrogen (secondary N) is 1. The number of pyridine rings is 1. The fraction of sp³-hybridized carbons (Fsp3) is 0.364. The third-order valence-electron chi connectivity index (χ3n) is 4.93. The minimum Gasteiger partial charge on any atom is -0.448 e. The number of aliphatic hydroxyl groups is 2. The van der Waals surface area contributed by atoms with Gasteiger partial charge in [0, 0.05) is 18.9 Å². The van der Waals surface area contributed by atoms with Crippen LogP contribution in [0.2, 0.25) is 0 Å². The fourth-order valence-electron chi connectivity index (χ4n) is 3.52. The van der Waals surface area contributed by atoms with Crippen LogP contribution in [0.5, 0.6) is 0 Å². The number of aromatic nitrogens is 1. The van der Waals surface area contributed by atoms with Crippen molar-refractivity contribution in [1.82, 2.24) is 9.88 Å². The Morgan fingerprint density at radius 2 is 2.13 bits per heavy atom. The molecule has 1 aliphatic heterocycles. The molecule has 1 saturated heterocycles. The molecule has 2 unspecified atom stereocenters. The van der Waals surface area contributed by atoms with Crippen molar-refractivity contribution in [3.05, 3.63) is 53.8 Å². The molecule has 0 saturated carbocycles. The largest absolute Gasteiger partial charge is 0.448 e. The summed E-state index contributed by atoms with van der Waals surface area (Å²) in [6.07, 6.45) is 2.65. The van der Waals surface area contributed by atoms with Gasteiger partial charge in [0.2, 0.25) is 5.76 Å². The highest BCUT2D eigenvalue weighted by Crippen LogP contribution is 2.35. The van der Waals surface area contributed by atoms with Crippen molar-refractivity contribution >= 4 is 28.3 Å². The maximum Gasteiger partial charge on any atom is 0.292 e. The molecule has 0 aliphatic carbocycles. The first kappa shape index (κ1) is 21.7. The summed E-state index contributed by atoms with van der Waals surface area (Å²) in [5.41, 5.74) is 1.70. The number of anilines is 2. The number of aryl methyl sites for hydroxylation is 1. The molecular formula is C22H26FN3O4. The third-order valence-corrected chi connectivity index (χ3v) is 4.93. The van der Waals surface area contributed by atoms with Crippen LogP contribution in [-0.2, 0) is 0 Å². The van der Waals surface area contributed by atoms with Gasteiger partial charge >= 0.3 is 0 Å². The number of furan rings is 1. The average Bonchev–Trinajstić information content (AvgIpc) is 3.31. The first-order valence-electron chi connectivity index (χ1n) is 9.97. The van der Waals surface area contributed by atoms with E-state index in [1.165, 1.54) is 23.4 Å². The second-order valence-corrected chi connectivity index (χ2v) is 6.97. The van der Waals surface area contributed by atoms with Crippen molar-refractivity contribution in [2.75, 3.05) is 18.5 Å². The van der Waals surface area contributed by atoms with Crippen molar-refractivity contribution in [3.8, 4) is 0 Å². The topological polar surface area (TPSA) is 98.8 Å². The Bertz CT molecular complexity index is 1040. The molecule has 1 aromatic carbocycles. The van der Waals surface area contributed by atoms with E-state index in [0.717, 1.165) is 5.56 Å². The van der Waals surface area contributed by atoms with E-state index in [2.05, 4.69) is 10.3 Å². The molecule has 8 heteroatoms. The predicted octanol–water partition coefficient (Wildman–Crippen LogP) is 3.61. The summed E-state index contributed by atoms with van der Waals surface area (Å²) < 4.78 is 20.1. The van der Waals surface area contributed by atoms with Gasteiger partial charge < -0.3 is 24.8 Å².